The Labute approximate surface area is 249 Å². The van der Waals surface area contributed by atoms with Crippen molar-refractivity contribution in [3.63, 3.8) is 0 Å². The van der Waals surface area contributed by atoms with E-state index in [2.05, 4.69) is 37.9 Å². The summed E-state index contributed by atoms with van der Waals surface area (Å²) in [6.07, 6.45) is 11.0. The van der Waals surface area contributed by atoms with Crippen LogP contribution in [0.25, 0.3) is 32.9 Å². The summed E-state index contributed by atoms with van der Waals surface area (Å²) in [4.78, 5) is 13.8. The Morgan fingerprint density at radius 2 is 1.95 bits per heavy atom. The Balaban J connectivity index is 1.32. The van der Waals surface area contributed by atoms with Crippen LogP contribution in [0.5, 0.6) is 5.75 Å². The number of phenols is 1. The van der Waals surface area contributed by atoms with Gasteiger partial charge in [0.05, 0.1) is 11.2 Å². The Hall–Kier alpha value is -4.24. The molecular weight excluding hydrogens is 544 g/mol. The summed E-state index contributed by atoms with van der Waals surface area (Å²) >= 11 is 0. The minimum atomic E-state index is -0.887. The smallest absolute Gasteiger partial charge is 0.175 e. The first-order valence-electron chi connectivity index (χ1n) is 15.1. The van der Waals surface area contributed by atoms with Crippen LogP contribution in [0.15, 0.2) is 42.6 Å². The highest BCUT2D eigenvalue weighted by molar-refractivity contribution is 6.03. The molecular formula is C35H31F2N5O. The van der Waals surface area contributed by atoms with E-state index in [1.54, 1.807) is 18.3 Å². The molecule has 0 saturated carbocycles. The van der Waals surface area contributed by atoms with Gasteiger partial charge in [-0.3, -0.25) is 9.88 Å². The summed E-state index contributed by atoms with van der Waals surface area (Å²) in [6.45, 7) is 2.86. The number of hydrogen-bond acceptors (Lipinski definition) is 6. The molecule has 2 N–H and O–H groups in total. The molecule has 0 spiro atoms. The van der Waals surface area contributed by atoms with E-state index < -0.39 is 17.5 Å². The van der Waals surface area contributed by atoms with E-state index in [1.807, 2.05) is 18.2 Å². The van der Waals surface area contributed by atoms with E-state index in [4.69, 9.17) is 11.4 Å². The normalized spacial score (nSPS) is 26.4. The van der Waals surface area contributed by atoms with E-state index >= 15 is 4.39 Å². The molecule has 2 unspecified atom stereocenters. The third kappa shape index (κ3) is 4.32. The number of nitrogens with one attached hydrogen (secondary N) is 1. The van der Waals surface area contributed by atoms with Crippen molar-refractivity contribution < 1.29 is 13.9 Å². The average Bonchev–Trinajstić information content (AvgIpc) is 3.65. The van der Waals surface area contributed by atoms with Gasteiger partial charge in [-0.2, -0.15) is 0 Å². The van der Waals surface area contributed by atoms with Crippen LogP contribution in [0.4, 0.5) is 14.5 Å². The maximum Gasteiger partial charge on any atom is 0.175 e. The fourth-order valence-electron chi connectivity index (χ4n) is 7.83. The number of halogens is 2. The zero-order valence-electron chi connectivity index (χ0n) is 23.7. The maximum absolute atomic E-state index is 16.8. The number of terminal acetylenes is 1. The van der Waals surface area contributed by atoms with Gasteiger partial charge in [-0.25, -0.2) is 13.8 Å². The van der Waals surface area contributed by atoms with E-state index in [-0.39, 0.29) is 17.0 Å². The van der Waals surface area contributed by atoms with Crippen LogP contribution in [-0.2, 0) is 0 Å². The Morgan fingerprint density at radius 1 is 1.12 bits per heavy atom. The molecule has 2 aromatic heterocycles. The molecule has 4 aromatic rings. The topological polar surface area (TPSA) is 64.5 Å². The van der Waals surface area contributed by atoms with Gasteiger partial charge in [0, 0.05) is 66.2 Å². The highest BCUT2D eigenvalue weighted by Crippen LogP contribution is 2.41. The number of anilines is 1. The number of aromatic hydroxyl groups is 1. The van der Waals surface area contributed by atoms with Crippen LogP contribution >= 0.6 is 0 Å². The van der Waals surface area contributed by atoms with Crippen molar-refractivity contribution in [2.24, 2.45) is 0 Å². The van der Waals surface area contributed by atoms with Gasteiger partial charge in [0.2, 0.25) is 0 Å². The van der Waals surface area contributed by atoms with Gasteiger partial charge in [0.1, 0.15) is 28.8 Å². The molecule has 0 aliphatic carbocycles. The first kappa shape index (κ1) is 26.4. The molecule has 0 amide bonds. The zero-order valence-corrected chi connectivity index (χ0v) is 23.7. The lowest BCUT2D eigenvalue weighted by atomic mass is 9.94. The van der Waals surface area contributed by atoms with E-state index in [9.17, 15) is 9.50 Å². The fraction of sp³-hybridized carbons (Fsp3) is 0.371. The molecule has 6 nitrogen and oxygen atoms in total. The van der Waals surface area contributed by atoms with E-state index in [0.29, 0.717) is 58.0 Å². The number of phenolic OH excluding ortho intramolecular Hbond substituents is 1. The second-order valence-corrected chi connectivity index (χ2v) is 12.4. The van der Waals surface area contributed by atoms with Gasteiger partial charge in [-0.15, -0.1) is 6.42 Å². The molecule has 0 radical (unpaired) electrons. The highest BCUT2D eigenvalue weighted by atomic mass is 19.1. The predicted octanol–water partition coefficient (Wildman–Crippen LogP) is 5.14. The number of nitrogens with zero attached hydrogens (tertiary/aromatic N) is 4. The van der Waals surface area contributed by atoms with Gasteiger partial charge in [-0.05, 0) is 67.8 Å². The highest BCUT2D eigenvalue weighted by Gasteiger charge is 2.47. The van der Waals surface area contributed by atoms with Crippen LogP contribution in [0.1, 0.15) is 43.4 Å². The van der Waals surface area contributed by atoms with Crippen molar-refractivity contribution in [3.8, 4) is 41.2 Å². The molecule has 8 heteroatoms. The quantitative estimate of drug-likeness (QED) is 0.323. The number of pyridine rings is 2. The third-order valence-electron chi connectivity index (χ3n) is 9.73. The second kappa shape index (κ2) is 9.91. The number of alkyl halides is 1. The van der Waals surface area contributed by atoms with Crippen LogP contribution in [0.2, 0.25) is 0 Å². The van der Waals surface area contributed by atoms with Gasteiger partial charge >= 0.3 is 0 Å². The third-order valence-corrected chi connectivity index (χ3v) is 9.73. The van der Waals surface area contributed by atoms with Crippen molar-refractivity contribution in [3.05, 3.63) is 59.7 Å². The van der Waals surface area contributed by atoms with Crippen LogP contribution < -0.4 is 10.2 Å². The maximum atomic E-state index is 16.8. The lowest BCUT2D eigenvalue weighted by Gasteiger charge is -2.35. The number of aromatic nitrogens is 2. The SMILES string of the molecule is C#Cc1cccc2cc(O)cc(-c3ncc4c(N5C[C@H]6CC[C@@H](C5)N6)cc(C#CC56CCCN5CC(F)C6)nc4c3F)c12. The van der Waals surface area contributed by atoms with Crippen molar-refractivity contribution in [2.75, 3.05) is 31.1 Å². The molecule has 4 saturated heterocycles. The minimum Gasteiger partial charge on any atom is -0.508 e. The molecule has 4 aliphatic rings. The number of rotatable bonds is 2. The van der Waals surface area contributed by atoms with Crippen molar-refractivity contribution >= 4 is 27.4 Å². The molecule has 2 aromatic carbocycles. The first-order valence-corrected chi connectivity index (χ1v) is 15.1. The van der Waals surface area contributed by atoms with Gasteiger partial charge in [-0.1, -0.05) is 24.0 Å². The fourth-order valence-corrected chi connectivity index (χ4v) is 7.83. The summed E-state index contributed by atoms with van der Waals surface area (Å²) < 4.78 is 31.2. The first-order chi connectivity index (χ1) is 20.9. The summed E-state index contributed by atoms with van der Waals surface area (Å²) in [7, 11) is 0. The molecule has 216 valence electrons. The van der Waals surface area contributed by atoms with Crippen molar-refractivity contribution in [2.45, 2.75) is 55.9 Å². The summed E-state index contributed by atoms with van der Waals surface area (Å²) in [5.41, 5.74) is 2.05. The zero-order chi connectivity index (χ0) is 29.3. The number of benzene rings is 2. The monoisotopic (exact) mass is 575 g/mol. The Kier molecular flexibility index (Phi) is 6.08. The molecule has 6 heterocycles. The number of fused-ring (bicyclic) bond motifs is 5. The molecule has 43 heavy (non-hydrogen) atoms. The average molecular weight is 576 g/mol. The van der Waals surface area contributed by atoms with Crippen LogP contribution in [-0.4, -0.2) is 69.9 Å². The number of hydrogen-bond donors (Lipinski definition) is 2. The largest absolute Gasteiger partial charge is 0.508 e. The lowest BCUT2D eigenvalue weighted by molar-refractivity contribution is 0.255. The molecule has 2 bridgehead atoms. The van der Waals surface area contributed by atoms with E-state index in [0.717, 1.165) is 51.0 Å². The van der Waals surface area contributed by atoms with Crippen molar-refractivity contribution in [1.29, 1.82) is 0 Å². The summed E-state index contributed by atoms with van der Waals surface area (Å²) in [5.74, 6) is 8.73. The molecule has 4 atom stereocenters. The van der Waals surface area contributed by atoms with Gasteiger partial charge in [0.25, 0.3) is 0 Å². The molecule has 8 rings (SSSR count). The summed E-state index contributed by atoms with van der Waals surface area (Å²) in [5, 5.41) is 16.2. The van der Waals surface area contributed by atoms with Gasteiger partial charge < -0.3 is 15.3 Å². The Bertz CT molecular complexity index is 1900. The molecule has 4 fully saturated rings. The number of piperazine rings is 1. The summed E-state index contributed by atoms with van der Waals surface area (Å²) in [6, 6.07) is 11.2. The molecule has 4 aliphatic heterocycles. The Morgan fingerprint density at radius 3 is 2.77 bits per heavy atom. The van der Waals surface area contributed by atoms with Crippen LogP contribution in [0, 0.1) is 30.0 Å². The van der Waals surface area contributed by atoms with E-state index in [1.165, 1.54) is 6.07 Å². The van der Waals surface area contributed by atoms with Crippen molar-refractivity contribution in [1.82, 2.24) is 20.2 Å². The minimum absolute atomic E-state index is 0.00868. The second-order valence-electron chi connectivity index (χ2n) is 12.4. The van der Waals surface area contributed by atoms with Gasteiger partial charge in [0.15, 0.2) is 5.82 Å². The predicted molar refractivity (Wildman–Crippen MR) is 164 cm³/mol. The standard InChI is InChI=1S/C35H31F2N5O/c1-2-21-5-3-6-22-13-27(43)15-28(31(21)22)33-32(37)34-29(17-38-33)30(41-19-25-7-8-26(20-41)39-25)14-24(40-34)9-11-35-10-4-12-42(35)18-23(36)16-35/h1,3,5-6,13-15,17,23,25-26,39,43H,4,7-8,10,12,16,18-20H2/t23?,25-,26+,35?. The lowest BCUT2D eigenvalue weighted by Crippen LogP contribution is -2.51. The van der Waals surface area contributed by atoms with Crippen LogP contribution in [0.3, 0.4) is 0 Å².